The molecule has 1 N–H and O–H groups in total. The number of methoxy groups -OCH3 is 2. The summed E-state index contributed by atoms with van der Waals surface area (Å²) in [6.45, 7) is 2.08. The molecule has 0 saturated carbocycles. The number of amides is 1. The molecule has 0 aliphatic heterocycles. The van der Waals surface area contributed by atoms with Crippen molar-refractivity contribution in [3.63, 3.8) is 0 Å². The van der Waals surface area contributed by atoms with E-state index >= 15 is 0 Å². The Labute approximate surface area is 158 Å². The molecule has 1 amide bonds. The van der Waals surface area contributed by atoms with E-state index in [-0.39, 0.29) is 5.91 Å². The van der Waals surface area contributed by atoms with Gasteiger partial charge in [-0.2, -0.15) is 5.10 Å². The molecule has 0 bridgehead atoms. The lowest BCUT2D eigenvalue weighted by Gasteiger charge is -2.11. The Morgan fingerprint density at radius 3 is 2.33 bits per heavy atom. The van der Waals surface area contributed by atoms with Crippen LogP contribution in [0.5, 0.6) is 11.5 Å². The molecule has 1 aromatic heterocycles. The van der Waals surface area contributed by atoms with Gasteiger partial charge < -0.3 is 14.8 Å². The lowest BCUT2D eigenvalue weighted by Crippen LogP contribution is -2.14. The lowest BCUT2D eigenvalue weighted by atomic mass is 10.1. The van der Waals surface area contributed by atoms with Gasteiger partial charge in [0.05, 0.1) is 37.4 Å². The second-order valence-corrected chi connectivity index (χ2v) is 6.06. The van der Waals surface area contributed by atoms with Gasteiger partial charge in [0.15, 0.2) is 0 Å². The van der Waals surface area contributed by atoms with Crippen LogP contribution in [-0.2, 0) is 6.42 Å². The summed E-state index contributed by atoms with van der Waals surface area (Å²) in [6, 6.07) is 15.1. The van der Waals surface area contributed by atoms with Crippen LogP contribution in [0.2, 0.25) is 0 Å². The van der Waals surface area contributed by atoms with Crippen LogP contribution in [0.15, 0.2) is 54.7 Å². The smallest absolute Gasteiger partial charge is 0.259 e. The van der Waals surface area contributed by atoms with Crippen LogP contribution < -0.4 is 14.8 Å². The fourth-order valence-corrected chi connectivity index (χ4v) is 2.91. The Morgan fingerprint density at radius 2 is 1.74 bits per heavy atom. The van der Waals surface area contributed by atoms with E-state index in [1.807, 2.05) is 35.0 Å². The number of carbonyl (C=O) groups is 1. The number of hydrogen-bond donors (Lipinski definition) is 1. The third-order valence-electron chi connectivity index (χ3n) is 4.21. The van der Waals surface area contributed by atoms with Gasteiger partial charge in [-0.15, -0.1) is 0 Å². The average molecular weight is 365 g/mol. The number of nitrogens with one attached hydrogen (secondary N) is 1. The zero-order valence-corrected chi connectivity index (χ0v) is 15.7. The first-order valence-electron chi connectivity index (χ1n) is 8.83. The number of ether oxygens (including phenoxy) is 2. The maximum atomic E-state index is 12.9. The van der Waals surface area contributed by atoms with Gasteiger partial charge in [0.2, 0.25) is 0 Å². The highest BCUT2D eigenvalue weighted by molar-refractivity contribution is 6.05. The largest absolute Gasteiger partial charge is 0.497 e. The Balaban J connectivity index is 1.92. The molecule has 140 valence electrons. The predicted octanol–water partition coefficient (Wildman–Crippen LogP) is 4.09. The summed E-state index contributed by atoms with van der Waals surface area (Å²) >= 11 is 0. The Bertz CT molecular complexity index is 897. The number of hydrogen-bond acceptors (Lipinski definition) is 4. The van der Waals surface area contributed by atoms with Crippen LogP contribution >= 0.6 is 0 Å². The molecule has 3 aromatic rings. The van der Waals surface area contributed by atoms with Crippen LogP contribution in [-0.4, -0.2) is 29.9 Å². The van der Waals surface area contributed by atoms with Gasteiger partial charge in [-0.05, 0) is 18.6 Å². The van der Waals surface area contributed by atoms with Crippen molar-refractivity contribution in [2.75, 3.05) is 19.5 Å². The van der Waals surface area contributed by atoms with Crippen LogP contribution in [0.1, 0.15) is 29.4 Å². The lowest BCUT2D eigenvalue weighted by molar-refractivity contribution is 0.102. The molecule has 0 unspecified atom stereocenters. The number of anilines is 1. The van der Waals surface area contributed by atoms with E-state index in [4.69, 9.17) is 9.47 Å². The van der Waals surface area contributed by atoms with Crippen LogP contribution in [0, 0.1) is 0 Å². The minimum atomic E-state index is -0.212. The molecule has 0 aliphatic rings. The van der Waals surface area contributed by atoms with Crippen molar-refractivity contribution in [1.82, 2.24) is 9.78 Å². The first-order valence-corrected chi connectivity index (χ1v) is 8.83. The van der Waals surface area contributed by atoms with Gasteiger partial charge in [-0.1, -0.05) is 31.5 Å². The van der Waals surface area contributed by atoms with E-state index in [9.17, 15) is 4.79 Å². The zero-order valence-electron chi connectivity index (χ0n) is 15.7. The number of benzene rings is 2. The van der Waals surface area contributed by atoms with E-state index in [1.165, 1.54) is 0 Å². The molecule has 6 heteroatoms. The fraction of sp³-hybridized carbons (Fsp3) is 0.238. The van der Waals surface area contributed by atoms with Crippen molar-refractivity contribution in [1.29, 1.82) is 0 Å². The SMILES string of the molecule is CCCc1c(C(=O)Nc2cc(OC)cc(OC)c2)cnn1-c1ccccc1. The predicted molar refractivity (Wildman–Crippen MR) is 105 cm³/mol. The summed E-state index contributed by atoms with van der Waals surface area (Å²) < 4.78 is 12.3. The molecular weight excluding hydrogens is 342 g/mol. The average Bonchev–Trinajstić information content (AvgIpc) is 3.12. The Kier molecular flexibility index (Phi) is 5.76. The highest BCUT2D eigenvalue weighted by Crippen LogP contribution is 2.26. The molecule has 0 fully saturated rings. The molecular formula is C21H23N3O3. The Hall–Kier alpha value is -3.28. The standard InChI is InChI=1S/C21H23N3O3/c1-4-8-20-19(14-22-24(20)16-9-6-5-7-10-16)21(25)23-15-11-17(26-2)13-18(12-15)27-3/h5-7,9-14H,4,8H2,1-3H3,(H,23,25). The van der Waals surface area contributed by atoms with Gasteiger partial charge in [0, 0.05) is 23.9 Å². The van der Waals surface area contributed by atoms with Crippen LogP contribution in [0.4, 0.5) is 5.69 Å². The molecule has 0 atom stereocenters. The van der Waals surface area contributed by atoms with E-state index < -0.39 is 0 Å². The molecule has 0 radical (unpaired) electrons. The first-order chi connectivity index (χ1) is 13.2. The van der Waals surface area contributed by atoms with Gasteiger partial charge in [-0.3, -0.25) is 4.79 Å². The van der Waals surface area contributed by atoms with Gasteiger partial charge in [-0.25, -0.2) is 4.68 Å². The second-order valence-electron chi connectivity index (χ2n) is 6.06. The second kappa shape index (κ2) is 8.40. The third kappa shape index (κ3) is 4.11. The van der Waals surface area contributed by atoms with E-state index in [0.29, 0.717) is 22.7 Å². The van der Waals surface area contributed by atoms with Crippen LogP contribution in [0.25, 0.3) is 5.69 Å². The molecule has 0 aliphatic carbocycles. The van der Waals surface area contributed by atoms with E-state index in [2.05, 4.69) is 17.3 Å². The minimum absolute atomic E-state index is 0.212. The van der Waals surface area contributed by atoms with Crippen molar-refractivity contribution in [2.24, 2.45) is 0 Å². The summed E-state index contributed by atoms with van der Waals surface area (Å²) in [5, 5.41) is 7.36. The summed E-state index contributed by atoms with van der Waals surface area (Å²) in [5.41, 5.74) is 2.98. The van der Waals surface area contributed by atoms with Crippen LogP contribution in [0.3, 0.4) is 0 Å². The molecule has 3 rings (SSSR count). The van der Waals surface area contributed by atoms with Gasteiger partial charge >= 0.3 is 0 Å². The van der Waals surface area contributed by atoms with Gasteiger partial charge in [0.1, 0.15) is 11.5 Å². The van der Waals surface area contributed by atoms with E-state index in [1.54, 1.807) is 38.6 Å². The molecule has 2 aromatic carbocycles. The fourth-order valence-electron chi connectivity index (χ4n) is 2.91. The summed E-state index contributed by atoms with van der Waals surface area (Å²) in [4.78, 5) is 12.9. The molecule has 0 saturated heterocycles. The maximum absolute atomic E-state index is 12.9. The normalized spacial score (nSPS) is 10.5. The van der Waals surface area contributed by atoms with Crippen molar-refractivity contribution in [2.45, 2.75) is 19.8 Å². The summed E-state index contributed by atoms with van der Waals surface area (Å²) in [7, 11) is 3.15. The molecule has 1 heterocycles. The van der Waals surface area contributed by atoms with Crippen molar-refractivity contribution in [3.05, 3.63) is 66.0 Å². The Morgan fingerprint density at radius 1 is 1.07 bits per heavy atom. The third-order valence-corrected chi connectivity index (χ3v) is 4.21. The molecule has 0 spiro atoms. The number of rotatable bonds is 7. The monoisotopic (exact) mass is 365 g/mol. The van der Waals surface area contributed by atoms with Crippen molar-refractivity contribution >= 4 is 11.6 Å². The number of carbonyl (C=O) groups excluding carboxylic acids is 1. The molecule has 6 nitrogen and oxygen atoms in total. The minimum Gasteiger partial charge on any atom is -0.497 e. The number of nitrogens with zero attached hydrogens (tertiary/aromatic N) is 2. The topological polar surface area (TPSA) is 65.4 Å². The van der Waals surface area contributed by atoms with E-state index in [0.717, 1.165) is 24.2 Å². The number of para-hydroxylation sites is 1. The summed E-state index contributed by atoms with van der Waals surface area (Å²) in [5.74, 6) is 1.01. The zero-order chi connectivity index (χ0) is 19.2. The maximum Gasteiger partial charge on any atom is 0.259 e. The number of aromatic nitrogens is 2. The van der Waals surface area contributed by atoms with Gasteiger partial charge in [0.25, 0.3) is 5.91 Å². The van der Waals surface area contributed by atoms with Crippen molar-refractivity contribution in [3.8, 4) is 17.2 Å². The first kappa shape index (κ1) is 18.5. The quantitative estimate of drug-likeness (QED) is 0.685. The highest BCUT2D eigenvalue weighted by Gasteiger charge is 2.18. The molecule has 27 heavy (non-hydrogen) atoms. The van der Waals surface area contributed by atoms with Crippen molar-refractivity contribution < 1.29 is 14.3 Å². The summed E-state index contributed by atoms with van der Waals surface area (Å²) in [6.07, 6.45) is 3.27. The highest BCUT2D eigenvalue weighted by atomic mass is 16.5.